The van der Waals surface area contributed by atoms with Crippen molar-refractivity contribution >= 4 is 16.8 Å². The second-order valence-electron chi connectivity index (χ2n) is 4.75. The summed E-state index contributed by atoms with van der Waals surface area (Å²) >= 11 is 0. The Morgan fingerprint density at radius 2 is 2.10 bits per heavy atom. The van der Waals surface area contributed by atoms with Crippen molar-refractivity contribution in [3.63, 3.8) is 0 Å². The largest absolute Gasteiger partial charge is 0.390 e. The highest BCUT2D eigenvalue weighted by molar-refractivity contribution is 5.78. The molecular formula is C15H18N2O3. The molecule has 1 amide bonds. The van der Waals surface area contributed by atoms with Gasteiger partial charge in [0.05, 0.1) is 11.6 Å². The minimum atomic E-state index is -1.01. The summed E-state index contributed by atoms with van der Waals surface area (Å²) in [5.41, 5.74) is 1.41. The van der Waals surface area contributed by atoms with E-state index in [0.29, 0.717) is 12.1 Å². The molecule has 5 nitrogen and oxygen atoms in total. The zero-order valence-electron chi connectivity index (χ0n) is 11.3. The van der Waals surface area contributed by atoms with Crippen molar-refractivity contribution in [2.45, 2.75) is 25.6 Å². The first kappa shape index (κ1) is 14.4. The molecule has 2 atom stereocenters. The maximum atomic E-state index is 10.7. The van der Waals surface area contributed by atoms with Gasteiger partial charge in [0.25, 0.3) is 0 Å². The number of hydrogen-bond acceptors (Lipinski definition) is 4. The van der Waals surface area contributed by atoms with E-state index >= 15 is 0 Å². The monoisotopic (exact) mass is 274 g/mol. The summed E-state index contributed by atoms with van der Waals surface area (Å²) < 4.78 is 0. The van der Waals surface area contributed by atoms with Gasteiger partial charge in [-0.25, -0.2) is 0 Å². The summed E-state index contributed by atoms with van der Waals surface area (Å²) in [6.07, 6.45) is -0.104. The van der Waals surface area contributed by atoms with Crippen LogP contribution in [0.4, 0.5) is 0 Å². The van der Waals surface area contributed by atoms with E-state index in [1.165, 1.54) is 6.92 Å². The van der Waals surface area contributed by atoms with Crippen molar-refractivity contribution in [2.24, 2.45) is 0 Å². The molecule has 2 aromatic rings. The van der Waals surface area contributed by atoms with Crippen LogP contribution < -0.4 is 5.32 Å². The number of carbonyl (C=O) groups excluding carboxylic acids is 1. The van der Waals surface area contributed by atoms with Crippen molar-refractivity contribution < 1.29 is 15.0 Å². The summed E-state index contributed by atoms with van der Waals surface area (Å²) in [5.74, 6) is -0.154. The highest BCUT2D eigenvalue weighted by atomic mass is 16.3. The van der Waals surface area contributed by atoms with Crippen molar-refractivity contribution in [3.8, 4) is 0 Å². The second kappa shape index (κ2) is 6.45. The van der Waals surface area contributed by atoms with Gasteiger partial charge in [-0.15, -0.1) is 0 Å². The Labute approximate surface area is 117 Å². The normalized spacial score (nSPS) is 13.9. The maximum absolute atomic E-state index is 10.7. The number of nitrogens with one attached hydrogen (secondary N) is 1. The molecule has 2 unspecified atom stereocenters. The molecule has 0 saturated carbocycles. The van der Waals surface area contributed by atoms with Gasteiger partial charge in [-0.3, -0.25) is 9.78 Å². The Bertz CT molecular complexity index is 600. The average Bonchev–Trinajstić information content (AvgIpc) is 2.45. The van der Waals surface area contributed by atoms with Gasteiger partial charge in [-0.2, -0.15) is 0 Å². The van der Waals surface area contributed by atoms with Gasteiger partial charge in [0.15, 0.2) is 0 Å². The average molecular weight is 274 g/mol. The molecule has 20 heavy (non-hydrogen) atoms. The van der Waals surface area contributed by atoms with Crippen molar-refractivity contribution in [1.29, 1.82) is 0 Å². The van der Waals surface area contributed by atoms with Crippen LogP contribution in [-0.4, -0.2) is 33.8 Å². The number of nitrogens with zero attached hydrogens (tertiary/aromatic N) is 1. The quantitative estimate of drug-likeness (QED) is 0.764. The lowest BCUT2D eigenvalue weighted by molar-refractivity contribution is -0.119. The molecule has 0 aliphatic heterocycles. The van der Waals surface area contributed by atoms with E-state index < -0.39 is 12.2 Å². The summed E-state index contributed by atoms with van der Waals surface area (Å²) in [5, 5.41) is 23.5. The number of aromatic nitrogens is 1. The van der Waals surface area contributed by atoms with E-state index in [4.69, 9.17) is 0 Å². The van der Waals surface area contributed by atoms with Crippen LogP contribution in [0.1, 0.15) is 25.0 Å². The number of benzene rings is 1. The van der Waals surface area contributed by atoms with Crippen LogP contribution in [-0.2, 0) is 4.79 Å². The smallest absolute Gasteiger partial charge is 0.216 e. The zero-order chi connectivity index (χ0) is 14.5. The predicted octanol–water partition coefficient (Wildman–Crippen LogP) is 1.16. The number of fused-ring (bicyclic) bond motifs is 1. The van der Waals surface area contributed by atoms with E-state index in [9.17, 15) is 15.0 Å². The van der Waals surface area contributed by atoms with Crippen molar-refractivity contribution in [2.75, 3.05) is 6.54 Å². The molecule has 106 valence electrons. The minimum Gasteiger partial charge on any atom is -0.390 e. The molecule has 3 N–H and O–H groups in total. The summed E-state index contributed by atoms with van der Waals surface area (Å²) in [6.45, 7) is 1.74. The Morgan fingerprint density at radius 1 is 1.35 bits per heavy atom. The number of pyridine rings is 1. The molecule has 1 heterocycles. The number of carbonyl (C=O) groups is 1. The highest BCUT2D eigenvalue weighted by Crippen LogP contribution is 2.21. The van der Waals surface area contributed by atoms with Gasteiger partial charge < -0.3 is 15.5 Å². The molecule has 0 radical (unpaired) electrons. The number of amides is 1. The molecule has 0 fully saturated rings. The molecular weight excluding hydrogens is 256 g/mol. The summed E-state index contributed by atoms with van der Waals surface area (Å²) in [4.78, 5) is 15.0. The Hall–Kier alpha value is -1.98. The molecule has 5 heteroatoms. The van der Waals surface area contributed by atoms with Gasteiger partial charge >= 0.3 is 0 Å². The van der Waals surface area contributed by atoms with Gasteiger partial charge in [-0.1, -0.05) is 18.2 Å². The van der Waals surface area contributed by atoms with E-state index in [2.05, 4.69) is 10.3 Å². The molecule has 0 saturated heterocycles. The third kappa shape index (κ3) is 3.53. The molecule has 0 bridgehead atoms. The van der Waals surface area contributed by atoms with Gasteiger partial charge in [0, 0.05) is 30.6 Å². The minimum absolute atomic E-state index is 0.154. The van der Waals surface area contributed by atoms with Crippen LogP contribution in [0.25, 0.3) is 10.9 Å². The first-order valence-corrected chi connectivity index (χ1v) is 6.53. The highest BCUT2D eigenvalue weighted by Gasteiger charge is 2.18. The molecule has 0 aliphatic carbocycles. The first-order chi connectivity index (χ1) is 9.58. The number of hydrogen-bond donors (Lipinski definition) is 3. The first-order valence-electron chi connectivity index (χ1n) is 6.53. The number of rotatable bonds is 5. The van der Waals surface area contributed by atoms with Crippen LogP contribution in [0.2, 0.25) is 0 Å². The number of aliphatic hydroxyl groups is 2. The summed E-state index contributed by atoms with van der Waals surface area (Å²) in [7, 11) is 0. The fraction of sp³-hybridized carbons (Fsp3) is 0.333. The van der Waals surface area contributed by atoms with Crippen LogP contribution in [0, 0.1) is 0 Å². The zero-order valence-corrected chi connectivity index (χ0v) is 11.3. The van der Waals surface area contributed by atoms with E-state index in [1.807, 2.05) is 30.3 Å². The van der Waals surface area contributed by atoms with Crippen molar-refractivity contribution in [3.05, 3.63) is 42.1 Å². The predicted molar refractivity (Wildman–Crippen MR) is 76.0 cm³/mol. The van der Waals surface area contributed by atoms with Gasteiger partial charge in [-0.05, 0) is 18.6 Å². The van der Waals surface area contributed by atoms with Gasteiger partial charge in [0.1, 0.15) is 6.10 Å². The molecule has 0 spiro atoms. The third-order valence-corrected chi connectivity index (χ3v) is 3.13. The fourth-order valence-corrected chi connectivity index (χ4v) is 2.03. The Morgan fingerprint density at radius 3 is 2.85 bits per heavy atom. The standard InChI is InChI=1S/C15H18N2O3/c1-10(18)16-7-6-14(19)15(20)12-8-11-4-2-3-5-13(11)17-9-12/h2-5,8-9,14-15,19-20H,6-7H2,1H3,(H,16,18). The lowest BCUT2D eigenvalue weighted by Gasteiger charge is -2.18. The maximum Gasteiger partial charge on any atom is 0.216 e. The van der Waals surface area contributed by atoms with Gasteiger partial charge in [0.2, 0.25) is 5.91 Å². The SMILES string of the molecule is CC(=O)NCCC(O)C(O)c1cnc2ccccc2c1. The molecule has 2 rings (SSSR count). The van der Waals surface area contributed by atoms with E-state index in [1.54, 1.807) is 6.20 Å². The third-order valence-electron chi connectivity index (χ3n) is 3.13. The van der Waals surface area contributed by atoms with E-state index in [0.717, 1.165) is 10.9 Å². The number of para-hydroxylation sites is 1. The lowest BCUT2D eigenvalue weighted by Crippen LogP contribution is -2.27. The van der Waals surface area contributed by atoms with Crippen LogP contribution in [0.15, 0.2) is 36.5 Å². The second-order valence-corrected chi connectivity index (χ2v) is 4.75. The Kier molecular flexibility index (Phi) is 4.65. The lowest BCUT2D eigenvalue weighted by atomic mass is 10.0. The van der Waals surface area contributed by atoms with Crippen LogP contribution in [0.3, 0.4) is 0 Å². The Balaban J connectivity index is 2.06. The molecule has 0 aliphatic rings. The van der Waals surface area contributed by atoms with Crippen LogP contribution in [0.5, 0.6) is 0 Å². The molecule has 1 aromatic heterocycles. The van der Waals surface area contributed by atoms with Crippen molar-refractivity contribution in [1.82, 2.24) is 10.3 Å². The van der Waals surface area contributed by atoms with E-state index in [-0.39, 0.29) is 12.3 Å². The fourth-order valence-electron chi connectivity index (χ4n) is 2.03. The van der Waals surface area contributed by atoms with Crippen LogP contribution >= 0.6 is 0 Å². The molecule has 1 aromatic carbocycles. The summed E-state index contributed by atoms with van der Waals surface area (Å²) in [6, 6.07) is 9.40. The number of aliphatic hydroxyl groups excluding tert-OH is 2. The topological polar surface area (TPSA) is 82.5 Å².